The summed E-state index contributed by atoms with van der Waals surface area (Å²) in [4.78, 5) is 14.2. The van der Waals surface area contributed by atoms with E-state index in [0.717, 1.165) is 23.4 Å². The first kappa shape index (κ1) is 20.8. The molecule has 1 aromatic carbocycles. The highest BCUT2D eigenvalue weighted by Crippen LogP contribution is 2.21. The average molecular weight is 368 g/mol. The maximum absolute atomic E-state index is 12.3. The molecule has 1 aliphatic rings. The number of hydrogen-bond acceptors (Lipinski definition) is 3. The molecule has 3 N–H and O–H groups in total. The summed E-state index contributed by atoms with van der Waals surface area (Å²) in [5.41, 5.74) is 11.4. The Morgan fingerprint density at radius 1 is 1.22 bits per heavy atom. The number of nitrogens with one attached hydrogen (secondary N) is 1. The Morgan fingerprint density at radius 2 is 1.96 bits per heavy atom. The molecule has 1 aliphatic carbocycles. The van der Waals surface area contributed by atoms with E-state index in [-0.39, 0.29) is 5.91 Å². The Kier molecular flexibility index (Phi) is 7.28. The Hall–Kier alpha value is -2.49. The second-order valence-electron chi connectivity index (χ2n) is 7.63. The standard InChI is InChI=1S/C23H33N3O/c1-6-19-12-20(7-9-22(24)13-19)14-26(18(5)27)15-21-8-10-23(11-17(21)4)25-16(2)3/h7-13,16,19,25H,6,14-15,24H2,1-5H3. The fourth-order valence-corrected chi connectivity index (χ4v) is 3.23. The maximum atomic E-state index is 12.3. The first-order chi connectivity index (χ1) is 12.8. The number of carbonyl (C=O) groups excluding carboxylic acids is 1. The number of aryl methyl sites for hydroxylation is 1. The van der Waals surface area contributed by atoms with Gasteiger partial charge in [0.05, 0.1) is 0 Å². The summed E-state index contributed by atoms with van der Waals surface area (Å²) in [6, 6.07) is 6.74. The van der Waals surface area contributed by atoms with Gasteiger partial charge in [-0.05, 0) is 68.0 Å². The number of anilines is 1. The molecule has 2 rings (SSSR count). The third kappa shape index (κ3) is 6.31. The summed E-state index contributed by atoms with van der Waals surface area (Å²) in [6.07, 6.45) is 9.24. The van der Waals surface area contributed by atoms with Crippen LogP contribution in [0.1, 0.15) is 45.2 Å². The molecule has 27 heavy (non-hydrogen) atoms. The van der Waals surface area contributed by atoms with E-state index in [1.165, 1.54) is 11.1 Å². The number of hydrogen-bond donors (Lipinski definition) is 2. The monoisotopic (exact) mass is 367 g/mol. The van der Waals surface area contributed by atoms with Gasteiger partial charge in [-0.3, -0.25) is 4.79 Å². The van der Waals surface area contributed by atoms with E-state index >= 15 is 0 Å². The van der Waals surface area contributed by atoms with Crippen molar-refractivity contribution in [1.82, 2.24) is 4.90 Å². The lowest BCUT2D eigenvalue weighted by molar-refractivity contribution is -0.129. The number of amides is 1. The van der Waals surface area contributed by atoms with Crippen molar-refractivity contribution in [3.8, 4) is 0 Å². The van der Waals surface area contributed by atoms with Crippen LogP contribution in [0.3, 0.4) is 0 Å². The van der Waals surface area contributed by atoms with Crippen molar-refractivity contribution in [3.05, 3.63) is 64.9 Å². The topological polar surface area (TPSA) is 58.4 Å². The number of allylic oxidation sites excluding steroid dienone is 3. The summed E-state index contributed by atoms with van der Waals surface area (Å²) >= 11 is 0. The lowest BCUT2D eigenvalue weighted by Crippen LogP contribution is -2.30. The second kappa shape index (κ2) is 9.45. The lowest BCUT2D eigenvalue weighted by atomic mass is 10.0. The minimum absolute atomic E-state index is 0.0753. The van der Waals surface area contributed by atoms with Gasteiger partial charge >= 0.3 is 0 Å². The Labute approximate surface area is 163 Å². The van der Waals surface area contributed by atoms with Crippen LogP contribution in [0.15, 0.2) is 53.8 Å². The normalized spacial score (nSPS) is 16.6. The van der Waals surface area contributed by atoms with Gasteiger partial charge in [-0.15, -0.1) is 0 Å². The second-order valence-corrected chi connectivity index (χ2v) is 7.63. The largest absolute Gasteiger partial charge is 0.399 e. The average Bonchev–Trinajstić information content (AvgIpc) is 2.77. The van der Waals surface area contributed by atoms with Gasteiger partial charge in [0.1, 0.15) is 0 Å². The molecule has 0 aliphatic heterocycles. The molecular formula is C23H33N3O. The van der Waals surface area contributed by atoms with Crippen LogP contribution in [-0.4, -0.2) is 23.4 Å². The molecule has 1 atom stereocenters. The van der Waals surface area contributed by atoms with Crippen LogP contribution in [-0.2, 0) is 11.3 Å². The molecule has 1 unspecified atom stereocenters. The zero-order valence-corrected chi connectivity index (χ0v) is 17.3. The van der Waals surface area contributed by atoms with Crippen LogP contribution in [0, 0.1) is 12.8 Å². The summed E-state index contributed by atoms with van der Waals surface area (Å²) in [5, 5.41) is 3.42. The van der Waals surface area contributed by atoms with Gasteiger partial charge in [0.2, 0.25) is 5.91 Å². The molecule has 0 aromatic heterocycles. The highest BCUT2D eigenvalue weighted by atomic mass is 16.2. The number of benzene rings is 1. The van der Waals surface area contributed by atoms with Gasteiger partial charge in [0.15, 0.2) is 0 Å². The molecule has 0 fully saturated rings. The van der Waals surface area contributed by atoms with E-state index in [0.29, 0.717) is 25.0 Å². The van der Waals surface area contributed by atoms with Crippen molar-refractivity contribution in [3.63, 3.8) is 0 Å². The third-order valence-electron chi connectivity index (χ3n) is 4.77. The molecule has 1 amide bonds. The first-order valence-electron chi connectivity index (χ1n) is 9.76. The SMILES string of the molecule is CCC1C=C(N)C=CC(CN(Cc2ccc(NC(C)C)cc2C)C(C)=O)=C1. The Bertz CT molecular complexity index is 759. The molecule has 4 nitrogen and oxygen atoms in total. The zero-order valence-electron chi connectivity index (χ0n) is 17.3. The van der Waals surface area contributed by atoms with Crippen LogP contribution in [0.25, 0.3) is 0 Å². The van der Waals surface area contributed by atoms with E-state index in [2.05, 4.69) is 63.4 Å². The van der Waals surface area contributed by atoms with Gasteiger partial charge in [-0.1, -0.05) is 31.2 Å². The van der Waals surface area contributed by atoms with Gasteiger partial charge in [0, 0.05) is 37.4 Å². The number of carbonyl (C=O) groups is 1. The first-order valence-corrected chi connectivity index (χ1v) is 9.76. The molecule has 4 heteroatoms. The van der Waals surface area contributed by atoms with E-state index in [4.69, 9.17) is 5.73 Å². The van der Waals surface area contributed by atoms with Gasteiger partial charge in [-0.2, -0.15) is 0 Å². The van der Waals surface area contributed by atoms with E-state index < -0.39 is 0 Å². The van der Waals surface area contributed by atoms with Crippen molar-refractivity contribution in [2.45, 2.75) is 53.6 Å². The van der Waals surface area contributed by atoms with Crippen molar-refractivity contribution < 1.29 is 4.79 Å². The highest BCUT2D eigenvalue weighted by Gasteiger charge is 2.14. The zero-order chi connectivity index (χ0) is 20.0. The third-order valence-corrected chi connectivity index (χ3v) is 4.77. The van der Waals surface area contributed by atoms with Gasteiger partial charge in [-0.25, -0.2) is 0 Å². The fraction of sp³-hybridized carbons (Fsp3) is 0.435. The molecule has 146 valence electrons. The van der Waals surface area contributed by atoms with Crippen LogP contribution in [0.5, 0.6) is 0 Å². The quantitative estimate of drug-likeness (QED) is 0.744. The molecule has 1 aromatic rings. The van der Waals surface area contributed by atoms with E-state index in [1.807, 2.05) is 17.1 Å². The molecule has 0 saturated carbocycles. The highest BCUT2D eigenvalue weighted by molar-refractivity contribution is 5.73. The number of nitrogens with zero attached hydrogens (tertiary/aromatic N) is 1. The predicted molar refractivity (Wildman–Crippen MR) is 114 cm³/mol. The van der Waals surface area contributed by atoms with E-state index in [1.54, 1.807) is 6.92 Å². The molecule has 0 spiro atoms. The molecule has 0 saturated heterocycles. The smallest absolute Gasteiger partial charge is 0.220 e. The molecule has 0 radical (unpaired) electrons. The summed E-state index contributed by atoms with van der Waals surface area (Å²) in [5.74, 6) is 0.387. The van der Waals surface area contributed by atoms with Crippen molar-refractivity contribution in [2.24, 2.45) is 11.7 Å². The molecule has 0 heterocycles. The Morgan fingerprint density at radius 3 is 2.56 bits per heavy atom. The minimum atomic E-state index is 0.0753. The van der Waals surface area contributed by atoms with Crippen LogP contribution in [0.4, 0.5) is 5.69 Å². The van der Waals surface area contributed by atoms with Gasteiger partial charge in [0.25, 0.3) is 0 Å². The van der Waals surface area contributed by atoms with Crippen molar-refractivity contribution in [1.29, 1.82) is 0 Å². The van der Waals surface area contributed by atoms with E-state index in [9.17, 15) is 4.79 Å². The molecule has 0 bridgehead atoms. The van der Waals surface area contributed by atoms with Crippen LogP contribution < -0.4 is 11.1 Å². The van der Waals surface area contributed by atoms with Crippen LogP contribution >= 0.6 is 0 Å². The Balaban J connectivity index is 2.16. The summed E-state index contributed by atoms with van der Waals surface area (Å²) in [6.45, 7) is 11.3. The lowest BCUT2D eigenvalue weighted by Gasteiger charge is -2.23. The maximum Gasteiger partial charge on any atom is 0.220 e. The summed E-state index contributed by atoms with van der Waals surface area (Å²) in [7, 11) is 0. The van der Waals surface area contributed by atoms with Gasteiger partial charge < -0.3 is 16.0 Å². The minimum Gasteiger partial charge on any atom is -0.399 e. The van der Waals surface area contributed by atoms with Crippen molar-refractivity contribution in [2.75, 3.05) is 11.9 Å². The predicted octanol–water partition coefficient (Wildman–Crippen LogP) is 4.53. The molecular weight excluding hydrogens is 334 g/mol. The fourth-order valence-electron chi connectivity index (χ4n) is 3.23. The number of nitrogens with two attached hydrogens (primary N) is 1. The number of rotatable bonds is 7. The van der Waals surface area contributed by atoms with Crippen LogP contribution in [0.2, 0.25) is 0 Å². The summed E-state index contributed by atoms with van der Waals surface area (Å²) < 4.78 is 0. The van der Waals surface area contributed by atoms with Crippen molar-refractivity contribution >= 4 is 11.6 Å².